The quantitative estimate of drug-likeness (QED) is 0.405. The molecule has 0 saturated carbocycles. The molecule has 1 aromatic heterocycles. The Hall–Kier alpha value is -0.720. The predicted molar refractivity (Wildman–Crippen MR) is 106 cm³/mol. The normalized spacial score (nSPS) is 12.5. The van der Waals surface area contributed by atoms with E-state index in [-0.39, 0.29) is 10.4 Å². The van der Waals surface area contributed by atoms with Gasteiger partial charge in [-0.2, -0.15) is 24.4 Å². The summed E-state index contributed by atoms with van der Waals surface area (Å²) >= 11 is 8.01. The van der Waals surface area contributed by atoms with Crippen LogP contribution in [0.25, 0.3) is 11.0 Å². The summed E-state index contributed by atoms with van der Waals surface area (Å²) in [6, 6.07) is 5.62. The number of nitrogens with zero attached hydrogens (tertiary/aromatic N) is 2. The Morgan fingerprint density at radius 3 is 2.52 bits per heavy atom. The number of hydrogen-bond acceptors (Lipinski definition) is 6. The molecule has 2 aromatic rings. The lowest BCUT2D eigenvalue weighted by atomic mass is 10.1. The van der Waals surface area contributed by atoms with E-state index in [2.05, 4.69) is 26.5 Å². The van der Waals surface area contributed by atoms with E-state index < -0.39 is 0 Å². The Labute approximate surface area is 151 Å². The zero-order chi connectivity index (χ0) is 16.8. The smallest absolute Gasteiger partial charge is 0.162 e. The van der Waals surface area contributed by atoms with E-state index in [1.807, 2.05) is 36.9 Å². The summed E-state index contributed by atoms with van der Waals surface area (Å²) in [4.78, 5) is 21.5. The second-order valence-corrected chi connectivity index (χ2v) is 8.87. The highest BCUT2D eigenvalue weighted by Crippen LogP contribution is 2.25. The third-order valence-electron chi connectivity index (χ3n) is 3.37. The lowest BCUT2D eigenvalue weighted by Crippen LogP contribution is -2.03. The topological polar surface area (TPSA) is 42.9 Å². The molecule has 3 nitrogen and oxygen atoms in total. The van der Waals surface area contributed by atoms with Gasteiger partial charge in [0.2, 0.25) is 0 Å². The molecule has 0 N–H and O–H groups in total. The van der Waals surface area contributed by atoms with Gasteiger partial charge in [0, 0.05) is 28.1 Å². The zero-order valence-corrected chi connectivity index (χ0v) is 16.2. The Kier molecular flexibility index (Phi) is 7.24. The van der Waals surface area contributed by atoms with Crippen molar-refractivity contribution in [3.05, 3.63) is 35.2 Å². The molecule has 0 bridgehead atoms. The summed E-state index contributed by atoms with van der Waals surface area (Å²) in [5.74, 6) is 2.84. The van der Waals surface area contributed by atoms with Crippen molar-refractivity contribution >= 4 is 53.0 Å². The summed E-state index contributed by atoms with van der Waals surface area (Å²) in [6.07, 6.45) is 0.506. The number of thiol groups is 1. The molecule has 2 rings (SSSR count). The van der Waals surface area contributed by atoms with Crippen LogP contribution in [-0.4, -0.2) is 26.1 Å². The van der Waals surface area contributed by atoms with Crippen molar-refractivity contribution in [2.75, 3.05) is 5.75 Å². The first-order valence-corrected chi connectivity index (χ1v) is 10.5. The standard InChI is InChI=1S/C17H22N2OS3/c1-4-17(20)12-6-7-13-14(8-12)19-15(9-22-5-2)16(18-13)10-23-11(3)21/h6-8,11,21H,4-5,9-10H2,1-3H3. The summed E-state index contributed by atoms with van der Waals surface area (Å²) in [5, 5.41) is 0. The molecule has 1 unspecified atom stereocenters. The molecule has 23 heavy (non-hydrogen) atoms. The Balaban J connectivity index is 2.41. The number of Topliss-reactive ketones (excluding diaryl/α,β-unsaturated/α-hetero) is 1. The summed E-state index contributed by atoms with van der Waals surface area (Å²) < 4.78 is 0.267. The maximum Gasteiger partial charge on any atom is 0.162 e. The minimum atomic E-state index is 0.140. The molecule has 0 fully saturated rings. The highest BCUT2D eigenvalue weighted by molar-refractivity contribution is 8.09. The maximum atomic E-state index is 11.9. The minimum absolute atomic E-state index is 0.140. The van der Waals surface area contributed by atoms with Crippen LogP contribution in [0.1, 0.15) is 48.9 Å². The van der Waals surface area contributed by atoms with Gasteiger partial charge >= 0.3 is 0 Å². The fourth-order valence-electron chi connectivity index (χ4n) is 2.13. The molecule has 1 heterocycles. The van der Waals surface area contributed by atoms with Crippen molar-refractivity contribution in [3.63, 3.8) is 0 Å². The number of ketones is 1. The Morgan fingerprint density at radius 2 is 1.87 bits per heavy atom. The first-order valence-electron chi connectivity index (χ1n) is 7.75. The molecule has 1 atom stereocenters. The van der Waals surface area contributed by atoms with Crippen molar-refractivity contribution in [1.82, 2.24) is 9.97 Å². The third-order valence-corrected chi connectivity index (χ3v) is 5.62. The van der Waals surface area contributed by atoms with Crippen molar-refractivity contribution in [2.24, 2.45) is 0 Å². The molecular formula is C17H22N2OS3. The second kappa shape index (κ2) is 8.94. The average Bonchev–Trinajstić information content (AvgIpc) is 2.56. The molecule has 6 heteroatoms. The molecule has 0 aliphatic rings. The number of fused-ring (bicyclic) bond motifs is 1. The lowest BCUT2D eigenvalue weighted by Gasteiger charge is -2.11. The Morgan fingerprint density at radius 1 is 1.17 bits per heavy atom. The summed E-state index contributed by atoms with van der Waals surface area (Å²) in [7, 11) is 0. The molecule has 0 saturated heterocycles. The number of rotatable bonds is 8. The number of thioether (sulfide) groups is 2. The van der Waals surface area contributed by atoms with Gasteiger partial charge in [-0.25, -0.2) is 9.97 Å². The Bertz CT molecular complexity index is 689. The van der Waals surface area contributed by atoms with Crippen LogP contribution in [-0.2, 0) is 11.5 Å². The fraction of sp³-hybridized carbons (Fsp3) is 0.471. The van der Waals surface area contributed by atoms with Crippen LogP contribution >= 0.6 is 36.2 Å². The van der Waals surface area contributed by atoms with Crippen molar-refractivity contribution in [1.29, 1.82) is 0 Å². The van der Waals surface area contributed by atoms with Crippen LogP contribution in [0.2, 0.25) is 0 Å². The van der Waals surface area contributed by atoms with Gasteiger partial charge in [-0.3, -0.25) is 4.79 Å². The number of carbonyl (C=O) groups is 1. The van der Waals surface area contributed by atoms with E-state index in [1.54, 1.807) is 11.8 Å². The van der Waals surface area contributed by atoms with Gasteiger partial charge in [0.25, 0.3) is 0 Å². The molecule has 0 aliphatic carbocycles. The highest BCUT2D eigenvalue weighted by Gasteiger charge is 2.12. The summed E-state index contributed by atoms with van der Waals surface area (Å²) in [5.41, 5.74) is 4.43. The van der Waals surface area contributed by atoms with E-state index in [0.29, 0.717) is 6.42 Å². The van der Waals surface area contributed by atoms with E-state index in [1.165, 1.54) is 0 Å². The van der Waals surface area contributed by atoms with Gasteiger partial charge in [0.1, 0.15) is 0 Å². The molecule has 0 radical (unpaired) electrons. The number of aromatic nitrogens is 2. The fourth-order valence-corrected chi connectivity index (χ4v) is 3.62. The number of benzene rings is 1. The van der Waals surface area contributed by atoms with Crippen LogP contribution in [0.15, 0.2) is 18.2 Å². The van der Waals surface area contributed by atoms with Crippen molar-refractivity contribution in [2.45, 2.75) is 43.3 Å². The van der Waals surface area contributed by atoms with Crippen molar-refractivity contribution < 1.29 is 4.79 Å². The van der Waals surface area contributed by atoms with Gasteiger partial charge in [0.15, 0.2) is 5.78 Å². The first kappa shape index (κ1) is 18.6. The van der Waals surface area contributed by atoms with Gasteiger partial charge in [-0.05, 0) is 30.9 Å². The van der Waals surface area contributed by atoms with E-state index in [0.717, 1.165) is 45.2 Å². The van der Waals surface area contributed by atoms with Crippen LogP contribution < -0.4 is 0 Å². The molecule has 0 aliphatic heterocycles. The molecular weight excluding hydrogens is 344 g/mol. The van der Waals surface area contributed by atoms with Crippen LogP contribution in [0.3, 0.4) is 0 Å². The molecule has 0 amide bonds. The zero-order valence-electron chi connectivity index (χ0n) is 13.7. The minimum Gasteiger partial charge on any atom is -0.294 e. The largest absolute Gasteiger partial charge is 0.294 e. The first-order chi connectivity index (χ1) is 11.0. The van der Waals surface area contributed by atoms with Crippen molar-refractivity contribution in [3.8, 4) is 0 Å². The van der Waals surface area contributed by atoms with Gasteiger partial charge < -0.3 is 0 Å². The molecule has 0 spiro atoms. The van der Waals surface area contributed by atoms with E-state index in [4.69, 9.17) is 9.97 Å². The van der Waals surface area contributed by atoms with Gasteiger partial charge in [-0.15, -0.1) is 11.8 Å². The van der Waals surface area contributed by atoms with Crippen LogP contribution in [0, 0.1) is 0 Å². The maximum absolute atomic E-state index is 11.9. The van der Waals surface area contributed by atoms with Crippen LogP contribution in [0.5, 0.6) is 0 Å². The SMILES string of the molecule is CCSCc1nc2cc(C(=O)CC)ccc2nc1CSC(C)S. The third kappa shape index (κ3) is 5.13. The van der Waals surface area contributed by atoms with Gasteiger partial charge in [0.05, 0.1) is 22.4 Å². The summed E-state index contributed by atoms with van der Waals surface area (Å²) in [6.45, 7) is 6.08. The molecule has 124 valence electrons. The van der Waals surface area contributed by atoms with Crippen LogP contribution in [0.4, 0.5) is 0 Å². The number of carbonyl (C=O) groups excluding carboxylic acids is 1. The van der Waals surface area contributed by atoms with Gasteiger partial charge in [-0.1, -0.05) is 13.8 Å². The lowest BCUT2D eigenvalue weighted by molar-refractivity contribution is 0.0988. The number of hydrogen-bond donors (Lipinski definition) is 1. The highest BCUT2D eigenvalue weighted by atomic mass is 32.2. The predicted octanol–water partition coefficient (Wildman–Crippen LogP) is 4.98. The van der Waals surface area contributed by atoms with E-state index >= 15 is 0 Å². The second-order valence-electron chi connectivity index (χ2n) is 5.14. The molecule has 1 aromatic carbocycles. The monoisotopic (exact) mass is 366 g/mol. The average molecular weight is 367 g/mol. The van der Waals surface area contributed by atoms with E-state index in [9.17, 15) is 4.79 Å².